The number of imidazole rings is 1. The van der Waals surface area contributed by atoms with Crippen LogP contribution in [-0.2, 0) is 16.0 Å². The zero-order valence-electron chi connectivity index (χ0n) is 12.4. The zero-order valence-corrected chi connectivity index (χ0v) is 13.2. The minimum atomic E-state index is -0.444. The molecular formula is C14H17N5O2S. The Kier molecular flexibility index (Phi) is 5.22. The van der Waals surface area contributed by atoms with E-state index in [1.807, 2.05) is 13.0 Å². The number of likely N-dealkylation sites (N-methyl/N-ethyl adjacent to an activating group) is 1. The van der Waals surface area contributed by atoms with Gasteiger partial charge in [0.15, 0.2) is 0 Å². The van der Waals surface area contributed by atoms with Gasteiger partial charge in [-0.2, -0.15) is 5.26 Å². The molecule has 2 rings (SSSR count). The van der Waals surface area contributed by atoms with E-state index in [2.05, 4.69) is 15.3 Å². The number of thioether (sulfide) groups is 1. The van der Waals surface area contributed by atoms with Crippen LogP contribution in [0.15, 0.2) is 23.1 Å². The van der Waals surface area contributed by atoms with E-state index in [9.17, 15) is 14.9 Å². The van der Waals surface area contributed by atoms with Crippen molar-refractivity contribution in [1.29, 1.82) is 5.26 Å². The van der Waals surface area contributed by atoms with Crippen molar-refractivity contribution in [2.45, 2.75) is 25.5 Å². The number of nitriles is 1. The highest BCUT2D eigenvalue weighted by Crippen LogP contribution is 2.38. The van der Waals surface area contributed by atoms with Crippen molar-refractivity contribution in [3.8, 4) is 6.07 Å². The molecule has 22 heavy (non-hydrogen) atoms. The lowest BCUT2D eigenvalue weighted by molar-refractivity contribution is -0.127. The van der Waals surface area contributed by atoms with Crippen molar-refractivity contribution in [2.24, 2.45) is 0 Å². The van der Waals surface area contributed by atoms with Crippen LogP contribution in [0, 0.1) is 11.3 Å². The van der Waals surface area contributed by atoms with Crippen molar-refractivity contribution in [3.63, 3.8) is 0 Å². The Hall–Kier alpha value is -2.27. The highest BCUT2D eigenvalue weighted by Gasteiger charge is 2.39. The fourth-order valence-electron chi connectivity index (χ4n) is 2.19. The van der Waals surface area contributed by atoms with Gasteiger partial charge < -0.3 is 15.2 Å². The second kappa shape index (κ2) is 7.13. The number of nitrogens with one attached hydrogen (secondary N) is 2. The normalized spacial score (nSPS) is 20.0. The largest absolute Gasteiger partial charge is 0.352 e. The fourth-order valence-corrected chi connectivity index (χ4v) is 3.55. The second-order valence-electron chi connectivity index (χ2n) is 4.62. The molecule has 0 bridgehead atoms. The number of rotatable bonds is 5. The Balaban J connectivity index is 2.29. The van der Waals surface area contributed by atoms with Gasteiger partial charge in [0.1, 0.15) is 16.7 Å². The van der Waals surface area contributed by atoms with Crippen LogP contribution in [0.1, 0.15) is 19.5 Å². The number of carbonyl (C=O) groups is 2. The number of nitrogens with zero attached hydrogens (tertiary/aromatic N) is 3. The number of aromatic nitrogens is 2. The molecule has 0 radical (unpaired) electrons. The van der Waals surface area contributed by atoms with Gasteiger partial charge in [0, 0.05) is 31.4 Å². The van der Waals surface area contributed by atoms with Crippen LogP contribution < -0.4 is 5.32 Å². The first kappa shape index (κ1) is 16.1. The van der Waals surface area contributed by atoms with Crippen molar-refractivity contribution in [2.75, 3.05) is 13.1 Å². The maximum atomic E-state index is 12.5. The van der Waals surface area contributed by atoms with Crippen LogP contribution in [0.5, 0.6) is 0 Å². The monoisotopic (exact) mass is 319 g/mol. The fraction of sp³-hybridized carbons (Fsp3) is 0.429. The Morgan fingerprint density at radius 2 is 2.36 bits per heavy atom. The molecule has 1 aliphatic heterocycles. The maximum absolute atomic E-state index is 12.5. The van der Waals surface area contributed by atoms with E-state index < -0.39 is 5.91 Å². The van der Waals surface area contributed by atoms with Gasteiger partial charge in [0.05, 0.1) is 11.6 Å². The molecule has 2 N–H and O–H groups in total. The highest BCUT2D eigenvalue weighted by molar-refractivity contribution is 8.04. The van der Waals surface area contributed by atoms with E-state index in [1.54, 1.807) is 19.4 Å². The van der Waals surface area contributed by atoms with Gasteiger partial charge in [0.25, 0.3) is 5.91 Å². The molecule has 0 spiro atoms. The van der Waals surface area contributed by atoms with Gasteiger partial charge >= 0.3 is 0 Å². The molecule has 1 saturated heterocycles. The van der Waals surface area contributed by atoms with E-state index in [4.69, 9.17) is 0 Å². The first-order valence-electron chi connectivity index (χ1n) is 7.00. The standard InChI is InChI=1S/C14H17N5O2S/c1-3-17-12(20)10(6-15)14-19(4-2)13(21)11(22-14)5-9-7-16-8-18-9/h7-8,11H,3-5H2,1-2H3,(H,16,18)(H,17,20)/b14-10-. The predicted octanol–water partition coefficient (Wildman–Crippen LogP) is 0.787. The molecule has 1 aliphatic rings. The molecule has 0 saturated carbocycles. The predicted molar refractivity (Wildman–Crippen MR) is 82.4 cm³/mol. The summed E-state index contributed by atoms with van der Waals surface area (Å²) in [6, 6.07) is 1.93. The molecule has 8 heteroatoms. The lowest BCUT2D eigenvalue weighted by Crippen LogP contribution is -2.31. The minimum Gasteiger partial charge on any atom is -0.352 e. The SMILES string of the molecule is CCNC(=O)/C(C#N)=C1\SC(Cc2cnc[nH]2)C(=O)N1CC. The Labute approximate surface area is 132 Å². The third kappa shape index (κ3) is 3.14. The smallest absolute Gasteiger partial charge is 0.264 e. The van der Waals surface area contributed by atoms with Crippen molar-refractivity contribution < 1.29 is 9.59 Å². The molecule has 1 aromatic heterocycles. The van der Waals surface area contributed by atoms with Crippen LogP contribution >= 0.6 is 11.8 Å². The maximum Gasteiger partial charge on any atom is 0.264 e. The average molecular weight is 319 g/mol. The van der Waals surface area contributed by atoms with Gasteiger partial charge in [-0.3, -0.25) is 9.59 Å². The molecule has 1 atom stereocenters. The summed E-state index contributed by atoms with van der Waals surface area (Å²) in [5, 5.41) is 12.0. The molecule has 0 aliphatic carbocycles. The van der Waals surface area contributed by atoms with E-state index >= 15 is 0 Å². The van der Waals surface area contributed by atoms with Gasteiger partial charge in [-0.25, -0.2) is 4.98 Å². The lowest BCUT2D eigenvalue weighted by atomic mass is 10.2. The summed E-state index contributed by atoms with van der Waals surface area (Å²) in [6.07, 6.45) is 3.71. The van der Waals surface area contributed by atoms with Gasteiger partial charge in [-0.1, -0.05) is 11.8 Å². The van der Waals surface area contributed by atoms with E-state index in [0.717, 1.165) is 5.69 Å². The third-order valence-electron chi connectivity index (χ3n) is 3.21. The lowest BCUT2D eigenvalue weighted by Gasteiger charge is -2.15. The molecule has 0 aromatic carbocycles. The molecule has 2 heterocycles. The van der Waals surface area contributed by atoms with Gasteiger partial charge in [-0.05, 0) is 13.8 Å². The van der Waals surface area contributed by atoms with Crippen LogP contribution in [-0.4, -0.2) is 45.0 Å². The first-order chi connectivity index (χ1) is 10.6. The van der Waals surface area contributed by atoms with E-state index in [0.29, 0.717) is 24.5 Å². The third-order valence-corrected chi connectivity index (χ3v) is 4.51. The number of aromatic amines is 1. The number of H-pyrrole nitrogens is 1. The van der Waals surface area contributed by atoms with Crippen molar-refractivity contribution >= 4 is 23.6 Å². The van der Waals surface area contributed by atoms with Gasteiger partial charge in [0.2, 0.25) is 5.91 Å². The molecule has 1 fully saturated rings. The van der Waals surface area contributed by atoms with E-state index in [-0.39, 0.29) is 16.7 Å². The summed E-state index contributed by atoms with van der Waals surface area (Å²) < 4.78 is 0. The summed E-state index contributed by atoms with van der Waals surface area (Å²) in [4.78, 5) is 32.9. The molecule has 116 valence electrons. The number of hydrogen-bond donors (Lipinski definition) is 2. The summed E-state index contributed by atoms with van der Waals surface area (Å²) >= 11 is 1.26. The number of carbonyl (C=O) groups excluding carboxylic acids is 2. The average Bonchev–Trinajstić information content (AvgIpc) is 3.10. The highest BCUT2D eigenvalue weighted by atomic mass is 32.2. The number of amides is 2. The molecular weight excluding hydrogens is 302 g/mol. The molecule has 2 amide bonds. The zero-order chi connectivity index (χ0) is 16.1. The quantitative estimate of drug-likeness (QED) is 0.617. The summed E-state index contributed by atoms with van der Waals surface area (Å²) in [6.45, 7) is 4.46. The Morgan fingerprint density at radius 1 is 1.59 bits per heavy atom. The number of hydrogen-bond acceptors (Lipinski definition) is 5. The van der Waals surface area contributed by atoms with Gasteiger partial charge in [-0.15, -0.1) is 0 Å². The summed E-state index contributed by atoms with van der Waals surface area (Å²) in [7, 11) is 0. The minimum absolute atomic E-state index is 0.00541. The van der Waals surface area contributed by atoms with E-state index in [1.165, 1.54) is 16.7 Å². The Bertz CT molecular complexity index is 632. The van der Waals surface area contributed by atoms with Crippen LogP contribution in [0.25, 0.3) is 0 Å². The Morgan fingerprint density at radius 3 is 2.91 bits per heavy atom. The molecule has 1 aromatic rings. The summed E-state index contributed by atoms with van der Waals surface area (Å²) in [5.41, 5.74) is 0.842. The topological polar surface area (TPSA) is 102 Å². The molecule has 1 unspecified atom stereocenters. The second-order valence-corrected chi connectivity index (χ2v) is 5.81. The first-order valence-corrected chi connectivity index (χ1v) is 7.88. The van der Waals surface area contributed by atoms with Crippen molar-refractivity contribution in [1.82, 2.24) is 20.2 Å². The summed E-state index contributed by atoms with van der Waals surface area (Å²) in [5.74, 6) is -0.532. The van der Waals surface area contributed by atoms with Crippen LogP contribution in [0.4, 0.5) is 0 Å². The molecule has 7 nitrogen and oxygen atoms in total. The van der Waals surface area contributed by atoms with Crippen molar-refractivity contribution in [3.05, 3.63) is 28.8 Å². The van der Waals surface area contributed by atoms with Crippen LogP contribution in [0.2, 0.25) is 0 Å². The van der Waals surface area contributed by atoms with Crippen LogP contribution in [0.3, 0.4) is 0 Å².